The SMILES string of the molecule is CCCc1cc(C(=O)NCC2CCN(C)CC2)cc(Cl)n1. The normalized spacial score (nSPS) is 16.9. The summed E-state index contributed by atoms with van der Waals surface area (Å²) in [6, 6.07) is 3.49. The maximum Gasteiger partial charge on any atom is 0.251 e. The molecule has 0 aliphatic carbocycles. The fourth-order valence-electron chi connectivity index (χ4n) is 2.67. The standard InChI is InChI=1S/C16H24ClN3O/c1-3-4-14-9-13(10-15(17)19-14)16(21)18-11-12-5-7-20(2)8-6-12/h9-10,12H,3-8,11H2,1-2H3,(H,18,21). The molecule has 1 fully saturated rings. The number of carbonyl (C=O) groups excluding carboxylic acids is 1. The molecule has 0 aromatic carbocycles. The number of aromatic nitrogens is 1. The van der Waals surface area contributed by atoms with Crippen molar-refractivity contribution < 1.29 is 4.79 Å². The number of rotatable bonds is 5. The van der Waals surface area contributed by atoms with E-state index in [0.29, 0.717) is 16.6 Å². The molecule has 4 nitrogen and oxygen atoms in total. The molecule has 2 heterocycles. The molecule has 116 valence electrons. The minimum Gasteiger partial charge on any atom is -0.352 e. The maximum absolute atomic E-state index is 12.3. The molecule has 0 spiro atoms. The molecule has 0 saturated carbocycles. The van der Waals surface area contributed by atoms with Crippen molar-refractivity contribution in [1.82, 2.24) is 15.2 Å². The van der Waals surface area contributed by atoms with Gasteiger partial charge in [0.2, 0.25) is 0 Å². The Hall–Kier alpha value is -1.13. The van der Waals surface area contributed by atoms with Crippen LogP contribution in [0.2, 0.25) is 5.15 Å². The van der Waals surface area contributed by atoms with Crippen molar-refractivity contribution in [1.29, 1.82) is 0 Å². The van der Waals surface area contributed by atoms with Crippen LogP contribution in [0.15, 0.2) is 12.1 Å². The molecule has 1 N–H and O–H groups in total. The van der Waals surface area contributed by atoms with Crippen LogP contribution in [0.5, 0.6) is 0 Å². The molecule has 0 atom stereocenters. The van der Waals surface area contributed by atoms with E-state index in [1.807, 2.05) is 6.07 Å². The Morgan fingerprint density at radius 3 is 2.81 bits per heavy atom. The molecule has 1 amide bonds. The first kappa shape index (κ1) is 16.2. The Labute approximate surface area is 131 Å². The van der Waals surface area contributed by atoms with E-state index in [-0.39, 0.29) is 5.91 Å². The highest BCUT2D eigenvalue weighted by Crippen LogP contribution is 2.16. The Morgan fingerprint density at radius 2 is 2.14 bits per heavy atom. The molecule has 21 heavy (non-hydrogen) atoms. The quantitative estimate of drug-likeness (QED) is 0.851. The van der Waals surface area contributed by atoms with E-state index >= 15 is 0 Å². The lowest BCUT2D eigenvalue weighted by molar-refractivity contribution is 0.0939. The molecular weight excluding hydrogens is 286 g/mol. The van der Waals surface area contributed by atoms with Gasteiger partial charge in [-0.3, -0.25) is 4.79 Å². The monoisotopic (exact) mass is 309 g/mol. The van der Waals surface area contributed by atoms with Crippen molar-refractivity contribution in [3.05, 3.63) is 28.5 Å². The van der Waals surface area contributed by atoms with E-state index < -0.39 is 0 Å². The Morgan fingerprint density at radius 1 is 1.43 bits per heavy atom. The molecule has 1 aliphatic rings. The Bertz CT molecular complexity index is 484. The molecule has 1 aromatic heterocycles. The van der Waals surface area contributed by atoms with Crippen molar-refractivity contribution >= 4 is 17.5 Å². The van der Waals surface area contributed by atoms with Crippen molar-refractivity contribution in [2.45, 2.75) is 32.6 Å². The summed E-state index contributed by atoms with van der Waals surface area (Å²) < 4.78 is 0. The Kier molecular flexibility index (Phi) is 6.00. The average molecular weight is 310 g/mol. The van der Waals surface area contributed by atoms with Crippen LogP contribution in [0.1, 0.15) is 42.2 Å². The van der Waals surface area contributed by atoms with E-state index in [4.69, 9.17) is 11.6 Å². The minimum absolute atomic E-state index is 0.0458. The summed E-state index contributed by atoms with van der Waals surface area (Å²) >= 11 is 6.00. The third kappa shape index (κ3) is 4.97. The lowest BCUT2D eigenvalue weighted by Gasteiger charge is -2.28. The Balaban J connectivity index is 1.90. The number of carbonyl (C=O) groups is 1. The highest BCUT2D eigenvalue weighted by molar-refractivity contribution is 6.29. The van der Waals surface area contributed by atoms with Crippen LogP contribution >= 0.6 is 11.6 Å². The second-order valence-electron chi connectivity index (χ2n) is 5.88. The number of aryl methyl sites for hydroxylation is 1. The first-order chi connectivity index (χ1) is 10.1. The zero-order chi connectivity index (χ0) is 15.2. The molecule has 1 saturated heterocycles. The molecule has 5 heteroatoms. The van der Waals surface area contributed by atoms with Gasteiger partial charge in [0.25, 0.3) is 5.91 Å². The van der Waals surface area contributed by atoms with E-state index in [0.717, 1.165) is 51.0 Å². The van der Waals surface area contributed by atoms with Crippen molar-refractivity contribution in [3.8, 4) is 0 Å². The number of likely N-dealkylation sites (tertiary alicyclic amines) is 1. The molecule has 1 aliphatic heterocycles. The number of nitrogens with zero attached hydrogens (tertiary/aromatic N) is 2. The number of amides is 1. The van der Waals surface area contributed by atoms with Gasteiger partial charge in [0.15, 0.2) is 0 Å². The lowest BCUT2D eigenvalue weighted by Crippen LogP contribution is -2.36. The number of hydrogen-bond acceptors (Lipinski definition) is 3. The van der Waals surface area contributed by atoms with Crippen molar-refractivity contribution in [2.75, 3.05) is 26.7 Å². The van der Waals surface area contributed by atoms with E-state index in [1.165, 1.54) is 0 Å². The third-order valence-electron chi connectivity index (χ3n) is 4.00. The van der Waals surface area contributed by atoms with Crippen LogP contribution in [0.4, 0.5) is 0 Å². The van der Waals surface area contributed by atoms with Crippen molar-refractivity contribution in [3.63, 3.8) is 0 Å². The van der Waals surface area contributed by atoms with E-state index in [2.05, 4.69) is 29.2 Å². The van der Waals surface area contributed by atoms with Crippen LogP contribution in [0.25, 0.3) is 0 Å². The average Bonchev–Trinajstić information content (AvgIpc) is 2.46. The van der Waals surface area contributed by atoms with Gasteiger partial charge in [-0.05, 0) is 57.5 Å². The van der Waals surface area contributed by atoms with E-state index in [1.54, 1.807) is 6.07 Å². The molecule has 0 radical (unpaired) electrons. The van der Waals surface area contributed by atoms with Gasteiger partial charge in [0.1, 0.15) is 5.15 Å². The molecule has 1 aromatic rings. The highest BCUT2D eigenvalue weighted by atomic mass is 35.5. The topological polar surface area (TPSA) is 45.2 Å². The molecular formula is C16H24ClN3O. The summed E-state index contributed by atoms with van der Waals surface area (Å²) in [5.41, 5.74) is 1.50. The summed E-state index contributed by atoms with van der Waals surface area (Å²) in [4.78, 5) is 18.8. The number of pyridine rings is 1. The highest BCUT2D eigenvalue weighted by Gasteiger charge is 2.18. The van der Waals surface area contributed by atoms with Gasteiger partial charge in [-0.1, -0.05) is 24.9 Å². The van der Waals surface area contributed by atoms with Gasteiger partial charge < -0.3 is 10.2 Å². The fourth-order valence-corrected chi connectivity index (χ4v) is 2.90. The predicted molar refractivity (Wildman–Crippen MR) is 85.8 cm³/mol. The van der Waals surface area contributed by atoms with Gasteiger partial charge in [0.05, 0.1) is 0 Å². The minimum atomic E-state index is -0.0458. The smallest absolute Gasteiger partial charge is 0.251 e. The summed E-state index contributed by atoms with van der Waals surface area (Å²) in [5, 5.41) is 3.43. The molecule has 0 bridgehead atoms. The van der Waals surface area contributed by atoms with Gasteiger partial charge in [-0.25, -0.2) is 4.98 Å². The summed E-state index contributed by atoms with van der Waals surface area (Å²) in [7, 11) is 2.14. The van der Waals surface area contributed by atoms with Crippen molar-refractivity contribution in [2.24, 2.45) is 5.92 Å². The van der Waals surface area contributed by atoms with Crippen LogP contribution in [-0.4, -0.2) is 42.5 Å². The summed E-state index contributed by atoms with van der Waals surface area (Å²) in [6.45, 7) is 5.06. The zero-order valence-corrected chi connectivity index (χ0v) is 13.6. The number of halogens is 1. The van der Waals surface area contributed by atoms with Gasteiger partial charge >= 0.3 is 0 Å². The van der Waals surface area contributed by atoms with Gasteiger partial charge in [-0.2, -0.15) is 0 Å². The largest absolute Gasteiger partial charge is 0.352 e. The second kappa shape index (κ2) is 7.76. The van der Waals surface area contributed by atoms with Crippen LogP contribution < -0.4 is 5.32 Å². The summed E-state index contributed by atoms with van der Waals surface area (Å²) in [5.74, 6) is 0.535. The first-order valence-corrected chi connectivity index (χ1v) is 8.09. The first-order valence-electron chi connectivity index (χ1n) is 7.71. The second-order valence-corrected chi connectivity index (χ2v) is 6.26. The number of piperidine rings is 1. The number of nitrogens with one attached hydrogen (secondary N) is 1. The molecule has 2 rings (SSSR count). The molecule has 0 unspecified atom stereocenters. The predicted octanol–water partition coefficient (Wildman–Crippen LogP) is 2.76. The lowest BCUT2D eigenvalue weighted by atomic mass is 9.97. The van der Waals surface area contributed by atoms with E-state index in [9.17, 15) is 4.79 Å². The van der Waals surface area contributed by atoms with Crippen LogP contribution in [-0.2, 0) is 6.42 Å². The zero-order valence-electron chi connectivity index (χ0n) is 12.9. The van der Waals surface area contributed by atoms with Gasteiger partial charge in [-0.15, -0.1) is 0 Å². The van der Waals surface area contributed by atoms with Crippen LogP contribution in [0.3, 0.4) is 0 Å². The summed E-state index contributed by atoms with van der Waals surface area (Å²) in [6.07, 6.45) is 4.13. The van der Waals surface area contributed by atoms with Crippen LogP contribution in [0, 0.1) is 5.92 Å². The fraction of sp³-hybridized carbons (Fsp3) is 0.625. The third-order valence-corrected chi connectivity index (χ3v) is 4.20. The maximum atomic E-state index is 12.3. The number of hydrogen-bond donors (Lipinski definition) is 1. The van der Waals surface area contributed by atoms with Gasteiger partial charge in [0, 0.05) is 17.8 Å².